The van der Waals surface area contributed by atoms with Gasteiger partial charge in [-0.25, -0.2) is 0 Å². The molecule has 0 unspecified atom stereocenters. The van der Waals surface area contributed by atoms with E-state index in [1.165, 1.54) is 5.56 Å². The molecule has 0 aromatic heterocycles. The van der Waals surface area contributed by atoms with Gasteiger partial charge in [-0.05, 0) is 45.3 Å². The predicted octanol–water partition coefficient (Wildman–Crippen LogP) is 4.28. The van der Waals surface area contributed by atoms with E-state index in [2.05, 4.69) is 37.2 Å². The number of ether oxygens (including phenoxy) is 1. The molecule has 0 bridgehead atoms. The number of halogens is 2. The summed E-state index contributed by atoms with van der Waals surface area (Å²) in [5, 5.41) is 3.74. The Bertz CT molecular complexity index is 627. The van der Waals surface area contributed by atoms with Crippen LogP contribution in [0.2, 0.25) is 0 Å². The van der Waals surface area contributed by atoms with Crippen LogP contribution >= 0.6 is 31.9 Å². The minimum absolute atomic E-state index is 0.108. The maximum Gasteiger partial charge on any atom is 0.251 e. The smallest absolute Gasteiger partial charge is 0.251 e. The molecule has 3 nitrogen and oxygen atoms in total. The van der Waals surface area contributed by atoms with E-state index in [-0.39, 0.29) is 5.91 Å². The van der Waals surface area contributed by atoms with Crippen LogP contribution < -0.4 is 10.1 Å². The van der Waals surface area contributed by atoms with Crippen LogP contribution in [0.25, 0.3) is 0 Å². The number of alkyl halides is 1. The van der Waals surface area contributed by atoms with E-state index in [4.69, 9.17) is 4.74 Å². The quantitative estimate of drug-likeness (QED) is 0.744. The van der Waals surface area contributed by atoms with Crippen LogP contribution in [0, 0.1) is 0 Å². The molecule has 5 heteroatoms. The molecule has 1 N–H and O–H groups in total. The fourth-order valence-electron chi connectivity index (χ4n) is 1.84. The van der Waals surface area contributed by atoms with Gasteiger partial charge < -0.3 is 10.1 Å². The van der Waals surface area contributed by atoms with Gasteiger partial charge in [0.2, 0.25) is 0 Å². The summed E-state index contributed by atoms with van der Waals surface area (Å²) in [4.78, 5) is 12.1. The summed E-state index contributed by atoms with van der Waals surface area (Å²) in [7, 11) is 1.59. The van der Waals surface area contributed by atoms with Crippen molar-refractivity contribution >= 4 is 37.8 Å². The number of rotatable bonds is 5. The highest BCUT2D eigenvalue weighted by molar-refractivity contribution is 9.10. The van der Waals surface area contributed by atoms with Gasteiger partial charge in [-0.2, -0.15) is 0 Å². The van der Waals surface area contributed by atoms with Gasteiger partial charge >= 0.3 is 0 Å². The highest BCUT2D eigenvalue weighted by Crippen LogP contribution is 2.25. The van der Waals surface area contributed by atoms with Crippen molar-refractivity contribution in [3.8, 4) is 5.75 Å². The van der Waals surface area contributed by atoms with Gasteiger partial charge in [0, 0.05) is 17.4 Å². The van der Waals surface area contributed by atoms with Gasteiger partial charge in [0.15, 0.2) is 0 Å². The summed E-state index contributed by atoms with van der Waals surface area (Å²) >= 11 is 6.79. The van der Waals surface area contributed by atoms with Gasteiger partial charge in [0.25, 0.3) is 5.91 Å². The summed E-state index contributed by atoms with van der Waals surface area (Å²) in [5.74, 6) is 0.597. The van der Waals surface area contributed by atoms with Crippen molar-refractivity contribution in [1.82, 2.24) is 5.32 Å². The van der Waals surface area contributed by atoms with Crippen LogP contribution in [0.5, 0.6) is 5.75 Å². The highest BCUT2D eigenvalue weighted by Gasteiger charge is 2.08. The van der Waals surface area contributed by atoms with Crippen LogP contribution in [-0.2, 0) is 11.9 Å². The molecule has 0 spiro atoms. The topological polar surface area (TPSA) is 38.3 Å². The first-order chi connectivity index (χ1) is 10.1. The number of carbonyl (C=O) groups excluding carboxylic acids is 1. The molecule has 2 aromatic carbocycles. The van der Waals surface area contributed by atoms with Crippen LogP contribution in [0.15, 0.2) is 46.9 Å². The Kier molecular flexibility index (Phi) is 5.82. The third-order valence-corrected chi connectivity index (χ3v) is 4.31. The minimum Gasteiger partial charge on any atom is -0.496 e. The summed E-state index contributed by atoms with van der Waals surface area (Å²) in [6, 6.07) is 13.4. The number of benzene rings is 2. The first kappa shape index (κ1) is 16.0. The lowest BCUT2D eigenvalue weighted by molar-refractivity contribution is 0.0951. The van der Waals surface area contributed by atoms with Crippen LogP contribution in [-0.4, -0.2) is 13.0 Å². The molecule has 0 aliphatic carbocycles. The monoisotopic (exact) mass is 411 g/mol. The van der Waals surface area contributed by atoms with E-state index in [0.29, 0.717) is 17.9 Å². The van der Waals surface area contributed by atoms with E-state index in [1.807, 2.05) is 24.3 Å². The second-order valence-electron chi connectivity index (χ2n) is 4.48. The Hall–Kier alpha value is -1.33. The summed E-state index contributed by atoms with van der Waals surface area (Å²) < 4.78 is 5.91. The van der Waals surface area contributed by atoms with E-state index in [0.717, 1.165) is 15.4 Å². The Morgan fingerprint density at radius 3 is 2.38 bits per heavy atom. The number of hydrogen-bond donors (Lipinski definition) is 1. The molecule has 110 valence electrons. The zero-order chi connectivity index (χ0) is 15.2. The van der Waals surface area contributed by atoms with Gasteiger partial charge in [-0.1, -0.05) is 40.2 Å². The van der Waals surface area contributed by atoms with E-state index in [1.54, 1.807) is 25.3 Å². The first-order valence-electron chi connectivity index (χ1n) is 6.39. The van der Waals surface area contributed by atoms with Crippen molar-refractivity contribution < 1.29 is 9.53 Å². The summed E-state index contributed by atoms with van der Waals surface area (Å²) in [5.41, 5.74) is 2.88. The summed E-state index contributed by atoms with van der Waals surface area (Å²) in [6.45, 7) is 0.505. The van der Waals surface area contributed by atoms with Crippen molar-refractivity contribution in [3.63, 3.8) is 0 Å². The molecular formula is C16H15Br2NO2. The standard InChI is InChI=1S/C16H15Br2NO2/c1-21-15-7-6-13(8-14(15)18)16(20)19-10-12-4-2-11(9-17)3-5-12/h2-8H,9-10H2,1H3,(H,19,20). The van der Waals surface area contributed by atoms with Gasteiger partial charge in [0.1, 0.15) is 5.75 Å². The number of nitrogens with one attached hydrogen (secondary N) is 1. The zero-order valence-electron chi connectivity index (χ0n) is 11.5. The summed E-state index contributed by atoms with van der Waals surface area (Å²) in [6.07, 6.45) is 0. The lowest BCUT2D eigenvalue weighted by Crippen LogP contribution is -2.22. The van der Waals surface area contributed by atoms with Crippen molar-refractivity contribution in [3.05, 3.63) is 63.6 Å². The van der Waals surface area contributed by atoms with Gasteiger partial charge in [-0.3, -0.25) is 4.79 Å². The number of hydrogen-bond acceptors (Lipinski definition) is 2. The average Bonchev–Trinajstić information content (AvgIpc) is 2.53. The number of carbonyl (C=O) groups is 1. The molecule has 21 heavy (non-hydrogen) atoms. The molecule has 0 fully saturated rings. The Labute approximate surface area is 141 Å². The van der Waals surface area contributed by atoms with Crippen molar-refractivity contribution in [1.29, 1.82) is 0 Å². The second kappa shape index (κ2) is 7.61. The first-order valence-corrected chi connectivity index (χ1v) is 8.31. The normalized spacial score (nSPS) is 10.2. The van der Waals surface area contributed by atoms with Crippen molar-refractivity contribution in [2.24, 2.45) is 0 Å². The third kappa shape index (κ3) is 4.32. The second-order valence-corrected chi connectivity index (χ2v) is 5.90. The van der Waals surface area contributed by atoms with Crippen LogP contribution in [0.1, 0.15) is 21.5 Å². The van der Waals surface area contributed by atoms with Gasteiger partial charge in [0.05, 0.1) is 11.6 Å². The average molecular weight is 413 g/mol. The van der Waals surface area contributed by atoms with Crippen LogP contribution in [0.3, 0.4) is 0 Å². The minimum atomic E-state index is -0.108. The molecule has 1 amide bonds. The highest BCUT2D eigenvalue weighted by atomic mass is 79.9. The van der Waals surface area contributed by atoms with Crippen molar-refractivity contribution in [2.45, 2.75) is 11.9 Å². The van der Waals surface area contributed by atoms with E-state index >= 15 is 0 Å². The van der Waals surface area contributed by atoms with E-state index in [9.17, 15) is 4.79 Å². The molecule has 0 atom stereocenters. The molecule has 0 saturated heterocycles. The van der Waals surface area contributed by atoms with Crippen molar-refractivity contribution in [2.75, 3.05) is 7.11 Å². The predicted molar refractivity (Wildman–Crippen MR) is 90.9 cm³/mol. The molecule has 2 aromatic rings. The molecule has 0 radical (unpaired) electrons. The molecule has 0 saturated carbocycles. The third-order valence-electron chi connectivity index (χ3n) is 3.04. The fourth-order valence-corrected chi connectivity index (χ4v) is 2.75. The molecule has 0 heterocycles. The number of amides is 1. The number of methoxy groups -OCH3 is 1. The fraction of sp³-hybridized carbons (Fsp3) is 0.188. The maximum absolute atomic E-state index is 12.1. The van der Waals surface area contributed by atoms with Crippen LogP contribution in [0.4, 0.5) is 0 Å². The Morgan fingerprint density at radius 2 is 1.81 bits per heavy atom. The Balaban J connectivity index is 1.99. The molecular weight excluding hydrogens is 398 g/mol. The molecule has 0 aliphatic heterocycles. The van der Waals surface area contributed by atoms with Gasteiger partial charge in [-0.15, -0.1) is 0 Å². The lowest BCUT2D eigenvalue weighted by atomic mass is 10.1. The molecule has 0 aliphatic rings. The van der Waals surface area contributed by atoms with E-state index < -0.39 is 0 Å². The molecule has 2 rings (SSSR count). The maximum atomic E-state index is 12.1. The zero-order valence-corrected chi connectivity index (χ0v) is 14.7. The largest absolute Gasteiger partial charge is 0.496 e. The SMILES string of the molecule is COc1ccc(C(=O)NCc2ccc(CBr)cc2)cc1Br. The lowest BCUT2D eigenvalue weighted by Gasteiger charge is -2.08. The Morgan fingerprint density at radius 1 is 1.14 bits per heavy atom.